The summed E-state index contributed by atoms with van der Waals surface area (Å²) in [4.78, 5) is 1.97. The molecule has 2 aliphatic heterocycles. The first-order valence-electron chi connectivity index (χ1n) is 4.82. The first-order chi connectivity index (χ1) is 5.96. The third-order valence-corrected chi connectivity index (χ3v) is 2.44. The summed E-state index contributed by atoms with van der Waals surface area (Å²) in [6.07, 6.45) is -0.741. The normalized spacial score (nSPS) is 36.0. The highest BCUT2D eigenvalue weighted by atomic mass is 16.6. The highest BCUT2D eigenvalue weighted by Crippen LogP contribution is 2.24. The van der Waals surface area contributed by atoms with Crippen molar-refractivity contribution in [2.24, 2.45) is 0 Å². The van der Waals surface area contributed by atoms with Gasteiger partial charge in [0.2, 0.25) is 6.41 Å². The molecule has 76 valence electrons. The quantitative estimate of drug-likeness (QED) is 0.460. The molecule has 2 aliphatic rings. The molecule has 2 heterocycles. The topological polar surface area (TPSA) is 54.6 Å². The van der Waals surface area contributed by atoms with Gasteiger partial charge in [0.1, 0.15) is 0 Å². The molecular formula is C9H18N2O2. The summed E-state index contributed by atoms with van der Waals surface area (Å²) in [7, 11) is 0. The highest BCUT2D eigenvalue weighted by molar-refractivity contribution is 5.07. The lowest BCUT2D eigenvalue weighted by atomic mass is 10.2. The van der Waals surface area contributed by atoms with Crippen LogP contribution in [0.4, 0.5) is 0 Å². The predicted molar refractivity (Wildman–Crippen MR) is 49.1 cm³/mol. The molecule has 2 rings (SSSR count). The van der Waals surface area contributed by atoms with Crippen LogP contribution >= 0.6 is 0 Å². The van der Waals surface area contributed by atoms with Gasteiger partial charge in [-0.2, -0.15) is 0 Å². The summed E-state index contributed by atoms with van der Waals surface area (Å²) >= 11 is 0. The van der Waals surface area contributed by atoms with Gasteiger partial charge in [-0.1, -0.05) is 0 Å². The van der Waals surface area contributed by atoms with Gasteiger partial charge in [0.15, 0.2) is 0 Å². The maximum Gasteiger partial charge on any atom is 0.216 e. The molecule has 0 aromatic heterocycles. The fourth-order valence-electron chi connectivity index (χ4n) is 1.73. The molecule has 0 aliphatic carbocycles. The zero-order valence-corrected chi connectivity index (χ0v) is 8.45. The second kappa shape index (κ2) is 2.92. The van der Waals surface area contributed by atoms with Crippen LogP contribution < -0.4 is 5.32 Å². The number of nitrogens with zero attached hydrogens (tertiary/aromatic N) is 1. The number of ether oxygens (including phenoxy) is 1. The Morgan fingerprint density at radius 3 is 2.38 bits per heavy atom. The summed E-state index contributed by atoms with van der Waals surface area (Å²) < 4.78 is 5.44. The summed E-state index contributed by atoms with van der Waals surface area (Å²) in [6, 6.07) is 1.19. The molecule has 13 heavy (non-hydrogen) atoms. The lowest BCUT2D eigenvalue weighted by Gasteiger charge is -2.30. The molecule has 2 N–H and O–H groups in total. The molecule has 0 amide bonds. The molecule has 0 aromatic rings. The van der Waals surface area contributed by atoms with Gasteiger partial charge in [-0.3, -0.25) is 4.90 Å². The van der Waals surface area contributed by atoms with Gasteiger partial charge >= 0.3 is 0 Å². The van der Waals surface area contributed by atoms with Crippen molar-refractivity contribution in [3.63, 3.8) is 0 Å². The van der Waals surface area contributed by atoms with Gasteiger partial charge in [0, 0.05) is 25.2 Å². The number of likely N-dealkylation sites (tertiary alicyclic amines) is 1. The number of rotatable bonds is 2. The van der Waals surface area contributed by atoms with Crippen molar-refractivity contribution in [2.75, 3.05) is 13.1 Å². The number of aliphatic hydroxyl groups excluding tert-OH is 1. The SMILES string of the molecule is CC(C)(C)OC(O)N1CC2NC2C1. The number of hydrogen-bond donors (Lipinski definition) is 2. The summed E-state index contributed by atoms with van der Waals surface area (Å²) in [5.41, 5.74) is -0.278. The Morgan fingerprint density at radius 2 is 1.92 bits per heavy atom. The zero-order valence-electron chi connectivity index (χ0n) is 8.45. The molecule has 0 saturated carbocycles. The number of nitrogens with one attached hydrogen (secondary N) is 1. The fourth-order valence-corrected chi connectivity index (χ4v) is 1.73. The van der Waals surface area contributed by atoms with Crippen LogP contribution in [0.2, 0.25) is 0 Å². The third-order valence-electron chi connectivity index (χ3n) is 2.44. The van der Waals surface area contributed by atoms with E-state index in [-0.39, 0.29) is 5.60 Å². The van der Waals surface area contributed by atoms with Gasteiger partial charge in [0.25, 0.3) is 0 Å². The maximum absolute atomic E-state index is 9.70. The van der Waals surface area contributed by atoms with Crippen LogP contribution in [-0.2, 0) is 4.74 Å². The van der Waals surface area contributed by atoms with E-state index in [1.165, 1.54) is 0 Å². The van der Waals surface area contributed by atoms with E-state index in [0.29, 0.717) is 12.1 Å². The van der Waals surface area contributed by atoms with Crippen LogP contribution in [0, 0.1) is 0 Å². The largest absolute Gasteiger partial charge is 0.356 e. The highest BCUT2D eigenvalue weighted by Gasteiger charge is 2.46. The number of aliphatic hydroxyl groups is 1. The Morgan fingerprint density at radius 1 is 1.38 bits per heavy atom. The van der Waals surface area contributed by atoms with E-state index in [2.05, 4.69) is 5.32 Å². The third kappa shape index (κ3) is 2.20. The van der Waals surface area contributed by atoms with Crippen LogP contribution in [-0.4, -0.2) is 47.2 Å². The minimum atomic E-state index is -0.741. The van der Waals surface area contributed by atoms with Crippen molar-refractivity contribution < 1.29 is 9.84 Å². The summed E-state index contributed by atoms with van der Waals surface area (Å²) in [5.74, 6) is 0. The first-order valence-corrected chi connectivity index (χ1v) is 4.82. The van der Waals surface area contributed by atoms with Crippen molar-refractivity contribution in [1.82, 2.24) is 10.2 Å². The predicted octanol–water partition coefficient (Wildman–Crippen LogP) is -0.267. The van der Waals surface area contributed by atoms with E-state index in [9.17, 15) is 5.11 Å². The lowest BCUT2D eigenvalue weighted by Crippen LogP contribution is -2.43. The maximum atomic E-state index is 9.70. The van der Waals surface area contributed by atoms with Crippen molar-refractivity contribution in [3.05, 3.63) is 0 Å². The average Bonchev–Trinajstić information content (AvgIpc) is 2.55. The van der Waals surface area contributed by atoms with Crippen molar-refractivity contribution in [1.29, 1.82) is 0 Å². The monoisotopic (exact) mass is 186 g/mol. The molecule has 4 heteroatoms. The minimum absolute atomic E-state index is 0.278. The van der Waals surface area contributed by atoms with E-state index >= 15 is 0 Å². The molecule has 0 bridgehead atoms. The lowest BCUT2D eigenvalue weighted by molar-refractivity contribution is -0.235. The molecule has 0 spiro atoms. The number of piperazine rings is 1. The van der Waals surface area contributed by atoms with Crippen LogP contribution in [0.3, 0.4) is 0 Å². The van der Waals surface area contributed by atoms with Crippen LogP contribution in [0.5, 0.6) is 0 Å². The number of fused-ring (bicyclic) bond motifs is 1. The van der Waals surface area contributed by atoms with Crippen molar-refractivity contribution in [2.45, 2.75) is 44.9 Å². The molecular weight excluding hydrogens is 168 g/mol. The Balaban J connectivity index is 1.80. The van der Waals surface area contributed by atoms with Gasteiger partial charge < -0.3 is 15.2 Å². The van der Waals surface area contributed by atoms with Crippen LogP contribution in [0.15, 0.2) is 0 Å². The second-order valence-corrected chi connectivity index (χ2v) is 4.89. The zero-order chi connectivity index (χ0) is 9.64. The fraction of sp³-hybridized carbons (Fsp3) is 1.00. The summed E-state index contributed by atoms with van der Waals surface area (Å²) in [6.45, 7) is 7.66. The molecule has 3 unspecified atom stereocenters. The van der Waals surface area contributed by atoms with E-state index in [4.69, 9.17) is 4.74 Å². The minimum Gasteiger partial charge on any atom is -0.356 e. The van der Waals surface area contributed by atoms with E-state index < -0.39 is 6.41 Å². The van der Waals surface area contributed by atoms with E-state index in [1.807, 2.05) is 25.7 Å². The van der Waals surface area contributed by atoms with Gasteiger partial charge in [-0.05, 0) is 20.8 Å². The molecule has 2 fully saturated rings. The molecule has 3 atom stereocenters. The Hall–Kier alpha value is -0.160. The summed E-state index contributed by atoms with van der Waals surface area (Å²) in [5, 5.41) is 13.0. The van der Waals surface area contributed by atoms with E-state index in [1.54, 1.807) is 0 Å². The standard InChI is InChI=1S/C9H18N2O2/c1-9(2,3)13-8(12)11-4-6-7(5-11)10-6/h6-8,10,12H,4-5H2,1-3H3. The van der Waals surface area contributed by atoms with Crippen LogP contribution in [0.25, 0.3) is 0 Å². The Bertz CT molecular complexity index is 192. The first kappa shape index (κ1) is 9.40. The average molecular weight is 186 g/mol. The second-order valence-electron chi connectivity index (χ2n) is 4.89. The van der Waals surface area contributed by atoms with Crippen molar-refractivity contribution >= 4 is 0 Å². The molecule has 0 aromatic carbocycles. The number of hydrogen-bond acceptors (Lipinski definition) is 4. The smallest absolute Gasteiger partial charge is 0.216 e. The molecule has 0 radical (unpaired) electrons. The van der Waals surface area contributed by atoms with Gasteiger partial charge in [-0.25, -0.2) is 0 Å². The van der Waals surface area contributed by atoms with Crippen LogP contribution in [0.1, 0.15) is 20.8 Å². The Kier molecular flexibility index (Phi) is 2.11. The Labute approximate surface area is 78.9 Å². The van der Waals surface area contributed by atoms with Gasteiger partial charge in [-0.15, -0.1) is 0 Å². The van der Waals surface area contributed by atoms with Gasteiger partial charge in [0.05, 0.1) is 5.60 Å². The van der Waals surface area contributed by atoms with Crippen molar-refractivity contribution in [3.8, 4) is 0 Å². The molecule has 2 saturated heterocycles. The molecule has 4 nitrogen and oxygen atoms in total. The van der Waals surface area contributed by atoms with E-state index in [0.717, 1.165) is 13.1 Å².